The van der Waals surface area contributed by atoms with Gasteiger partial charge in [-0.2, -0.15) is 0 Å². The Morgan fingerprint density at radius 3 is 2.27 bits per heavy atom. The third-order valence-electron chi connectivity index (χ3n) is 3.00. The molecule has 22 heavy (non-hydrogen) atoms. The number of hydrogen-bond donors (Lipinski definition) is 4. The van der Waals surface area contributed by atoms with E-state index in [1.165, 1.54) is 25.3 Å². The van der Waals surface area contributed by atoms with Crippen molar-refractivity contribution in [1.29, 1.82) is 0 Å². The molecule has 0 aliphatic carbocycles. The number of ether oxygens (including phenoxy) is 1. The first-order chi connectivity index (χ1) is 10.4. The Kier molecular flexibility index (Phi) is 4.22. The lowest BCUT2D eigenvalue weighted by atomic mass is 10.1. The maximum atomic E-state index is 12.0. The standard InChI is InChI=1S/C16H14O6/c1-22-16-9(3-2-4-12(16)18)5-6-11(17)10-7-13(19)15(21)14(20)8-10/h2-8,18-21H,1H3/b6-5+. The fourth-order valence-electron chi connectivity index (χ4n) is 1.90. The average Bonchev–Trinajstić information content (AvgIpc) is 2.49. The Morgan fingerprint density at radius 1 is 1.05 bits per heavy atom. The minimum atomic E-state index is -0.685. The number of benzene rings is 2. The quantitative estimate of drug-likeness (QED) is 0.392. The van der Waals surface area contributed by atoms with E-state index in [1.807, 2.05) is 0 Å². The van der Waals surface area contributed by atoms with Gasteiger partial charge in [-0.25, -0.2) is 0 Å². The first-order valence-electron chi connectivity index (χ1n) is 6.27. The van der Waals surface area contributed by atoms with Gasteiger partial charge < -0.3 is 25.2 Å². The van der Waals surface area contributed by atoms with Crippen LogP contribution in [0.5, 0.6) is 28.7 Å². The summed E-state index contributed by atoms with van der Waals surface area (Å²) in [5.74, 6) is -2.20. The van der Waals surface area contributed by atoms with Crippen LogP contribution >= 0.6 is 0 Å². The zero-order chi connectivity index (χ0) is 16.3. The normalized spacial score (nSPS) is 10.8. The van der Waals surface area contributed by atoms with Gasteiger partial charge in [0.1, 0.15) is 0 Å². The van der Waals surface area contributed by atoms with Crippen LogP contribution in [-0.2, 0) is 0 Å². The second-order valence-corrected chi connectivity index (χ2v) is 4.46. The SMILES string of the molecule is COc1c(O)cccc1/C=C/C(=O)c1cc(O)c(O)c(O)c1. The summed E-state index contributed by atoms with van der Waals surface area (Å²) < 4.78 is 5.04. The Morgan fingerprint density at radius 2 is 1.68 bits per heavy atom. The summed E-state index contributed by atoms with van der Waals surface area (Å²) in [4.78, 5) is 12.0. The Balaban J connectivity index is 2.31. The molecule has 0 spiro atoms. The van der Waals surface area contributed by atoms with Crippen molar-refractivity contribution in [3.05, 3.63) is 47.5 Å². The monoisotopic (exact) mass is 302 g/mol. The van der Waals surface area contributed by atoms with E-state index >= 15 is 0 Å². The van der Waals surface area contributed by atoms with Crippen molar-refractivity contribution in [2.24, 2.45) is 0 Å². The van der Waals surface area contributed by atoms with Crippen LogP contribution in [0, 0.1) is 0 Å². The van der Waals surface area contributed by atoms with Gasteiger partial charge in [0.25, 0.3) is 0 Å². The third kappa shape index (κ3) is 2.95. The number of allylic oxidation sites excluding steroid dienone is 1. The lowest BCUT2D eigenvalue weighted by Crippen LogP contribution is -1.94. The lowest BCUT2D eigenvalue weighted by Gasteiger charge is -2.06. The minimum Gasteiger partial charge on any atom is -0.504 e. The van der Waals surface area contributed by atoms with Gasteiger partial charge in [-0.05, 0) is 30.4 Å². The van der Waals surface area contributed by atoms with Crippen LogP contribution in [0.4, 0.5) is 0 Å². The van der Waals surface area contributed by atoms with E-state index in [9.17, 15) is 25.2 Å². The van der Waals surface area contributed by atoms with Crippen molar-refractivity contribution in [3.63, 3.8) is 0 Å². The van der Waals surface area contributed by atoms with Crippen LogP contribution in [0.25, 0.3) is 6.08 Å². The summed E-state index contributed by atoms with van der Waals surface area (Å²) in [6, 6.07) is 6.78. The topological polar surface area (TPSA) is 107 Å². The van der Waals surface area contributed by atoms with E-state index < -0.39 is 23.0 Å². The summed E-state index contributed by atoms with van der Waals surface area (Å²) in [5.41, 5.74) is 0.492. The summed E-state index contributed by atoms with van der Waals surface area (Å²) in [5, 5.41) is 37.7. The summed E-state index contributed by atoms with van der Waals surface area (Å²) in [6.45, 7) is 0. The van der Waals surface area contributed by atoms with Crippen molar-refractivity contribution >= 4 is 11.9 Å². The zero-order valence-electron chi connectivity index (χ0n) is 11.6. The number of rotatable bonds is 4. The molecule has 4 N–H and O–H groups in total. The molecule has 0 atom stereocenters. The number of hydrogen-bond acceptors (Lipinski definition) is 6. The smallest absolute Gasteiger partial charge is 0.200 e. The number of carbonyl (C=O) groups is 1. The highest BCUT2D eigenvalue weighted by Crippen LogP contribution is 2.35. The van der Waals surface area contributed by atoms with Crippen molar-refractivity contribution in [2.45, 2.75) is 0 Å². The number of methoxy groups -OCH3 is 1. The molecule has 2 aromatic carbocycles. The highest BCUT2D eigenvalue weighted by molar-refractivity contribution is 6.07. The fraction of sp³-hybridized carbons (Fsp3) is 0.0625. The second kappa shape index (κ2) is 6.09. The van der Waals surface area contributed by atoms with Gasteiger partial charge in [-0.1, -0.05) is 12.1 Å². The highest BCUT2D eigenvalue weighted by Gasteiger charge is 2.12. The number of aromatic hydroxyl groups is 4. The number of phenolic OH excluding ortho intramolecular Hbond substituents is 4. The summed E-state index contributed by atoms with van der Waals surface area (Å²) >= 11 is 0. The van der Waals surface area contributed by atoms with Crippen molar-refractivity contribution in [2.75, 3.05) is 7.11 Å². The molecule has 0 aliphatic rings. The highest BCUT2D eigenvalue weighted by atomic mass is 16.5. The van der Waals surface area contributed by atoms with Crippen LogP contribution in [0.3, 0.4) is 0 Å². The first-order valence-corrected chi connectivity index (χ1v) is 6.27. The van der Waals surface area contributed by atoms with E-state index in [0.29, 0.717) is 5.56 Å². The third-order valence-corrected chi connectivity index (χ3v) is 3.00. The predicted molar refractivity (Wildman–Crippen MR) is 79.5 cm³/mol. The maximum Gasteiger partial charge on any atom is 0.200 e. The molecular formula is C16H14O6. The molecule has 0 bridgehead atoms. The van der Waals surface area contributed by atoms with Gasteiger partial charge in [0, 0.05) is 11.1 Å². The molecule has 0 radical (unpaired) electrons. The van der Waals surface area contributed by atoms with Gasteiger partial charge in [-0.3, -0.25) is 4.79 Å². The number of carbonyl (C=O) groups excluding carboxylic acids is 1. The van der Waals surface area contributed by atoms with Crippen LogP contribution in [0.1, 0.15) is 15.9 Å². The molecule has 2 rings (SSSR count). The molecule has 6 nitrogen and oxygen atoms in total. The molecule has 0 aromatic heterocycles. The van der Waals surface area contributed by atoms with E-state index in [1.54, 1.807) is 12.1 Å². The molecule has 0 unspecified atom stereocenters. The first kappa shape index (κ1) is 15.2. The largest absolute Gasteiger partial charge is 0.504 e. The molecule has 114 valence electrons. The van der Waals surface area contributed by atoms with E-state index in [-0.39, 0.29) is 17.1 Å². The Hall–Kier alpha value is -3.15. The molecule has 2 aromatic rings. The molecule has 0 aliphatic heterocycles. The van der Waals surface area contributed by atoms with E-state index in [2.05, 4.69) is 0 Å². The Labute approximate surface area is 126 Å². The predicted octanol–water partition coefficient (Wildman–Crippen LogP) is 2.41. The molecule has 0 heterocycles. The van der Waals surface area contributed by atoms with Crippen molar-refractivity contribution in [1.82, 2.24) is 0 Å². The number of phenols is 4. The summed E-state index contributed by atoms with van der Waals surface area (Å²) in [6.07, 6.45) is 2.63. The van der Waals surface area contributed by atoms with Crippen LogP contribution in [0.2, 0.25) is 0 Å². The van der Waals surface area contributed by atoms with Gasteiger partial charge >= 0.3 is 0 Å². The van der Waals surface area contributed by atoms with Crippen molar-refractivity contribution < 1.29 is 30.0 Å². The Bertz CT molecular complexity index is 725. The number of ketones is 1. The van der Waals surface area contributed by atoms with E-state index in [0.717, 1.165) is 12.1 Å². The van der Waals surface area contributed by atoms with Gasteiger partial charge in [0.15, 0.2) is 34.5 Å². The average molecular weight is 302 g/mol. The molecule has 0 saturated carbocycles. The van der Waals surface area contributed by atoms with Crippen molar-refractivity contribution in [3.8, 4) is 28.7 Å². The fourth-order valence-corrected chi connectivity index (χ4v) is 1.90. The van der Waals surface area contributed by atoms with Gasteiger partial charge in [0.05, 0.1) is 7.11 Å². The maximum absolute atomic E-state index is 12.0. The van der Waals surface area contributed by atoms with Crippen LogP contribution in [0.15, 0.2) is 36.4 Å². The van der Waals surface area contributed by atoms with Gasteiger partial charge in [0.2, 0.25) is 0 Å². The van der Waals surface area contributed by atoms with Gasteiger partial charge in [-0.15, -0.1) is 0 Å². The molecule has 0 fully saturated rings. The minimum absolute atomic E-state index is 0.00294. The molecule has 0 saturated heterocycles. The lowest BCUT2D eigenvalue weighted by molar-refractivity contribution is 0.104. The van der Waals surface area contributed by atoms with E-state index in [4.69, 9.17) is 4.74 Å². The second-order valence-electron chi connectivity index (χ2n) is 4.46. The van der Waals surface area contributed by atoms with Crippen LogP contribution in [-0.4, -0.2) is 33.3 Å². The zero-order valence-corrected chi connectivity index (χ0v) is 11.6. The van der Waals surface area contributed by atoms with Crippen LogP contribution < -0.4 is 4.74 Å². The number of para-hydroxylation sites is 1. The molecule has 6 heteroatoms. The molecule has 0 amide bonds. The molecular weight excluding hydrogens is 288 g/mol. The summed E-state index contributed by atoms with van der Waals surface area (Å²) in [7, 11) is 1.39.